The summed E-state index contributed by atoms with van der Waals surface area (Å²) in [6, 6.07) is 7.74. The number of aliphatic imine (C=N–C) groups is 1. The summed E-state index contributed by atoms with van der Waals surface area (Å²) in [7, 11) is -3.55. The number of carbonyl (C=O) groups is 1. The summed E-state index contributed by atoms with van der Waals surface area (Å²) in [5.41, 5.74) is 1.06. The van der Waals surface area contributed by atoms with Crippen molar-refractivity contribution in [2.45, 2.75) is 50.5 Å². The van der Waals surface area contributed by atoms with Crippen LogP contribution < -0.4 is 5.32 Å². The summed E-state index contributed by atoms with van der Waals surface area (Å²) >= 11 is 0. The molecule has 0 bridgehead atoms. The molecule has 7 nitrogen and oxygen atoms in total. The van der Waals surface area contributed by atoms with Gasteiger partial charge in [0, 0.05) is 36.1 Å². The van der Waals surface area contributed by atoms with Gasteiger partial charge in [0.25, 0.3) is 5.91 Å². The number of piperidine rings is 1. The van der Waals surface area contributed by atoms with Crippen LogP contribution in [0.15, 0.2) is 40.9 Å². The minimum Gasteiger partial charge on any atom is -0.361 e. The number of sulfonamides is 1. The Bertz CT molecular complexity index is 1150. The maximum atomic E-state index is 12.9. The van der Waals surface area contributed by atoms with Crippen molar-refractivity contribution in [3.05, 3.63) is 41.4 Å². The molecular weight excluding hydrogens is 412 g/mol. The van der Waals surface area contributed by atoms with Crippen LogP contribution in [0.1, 0.15) is 50.5 Å². The Hall–Kier alpha value is -2.45. The second-order valence-corrected chi connectivity index (χ2v) is 10.7. The van der Waals surface area contributed by atoms with E-state index < -0.39 is 15.6 Å². The number of amidine groups is 1. The second kappa shape index (κ2) is 7.91. The van der Waals surface area contributed by atoms with Gasteiger partial charge in [-0.2, -0.15) is 4.31 Å². The van der Waals surface area contributed by atoms with Crippen LogP contribution in [0.25, 0.3) is 17.0 Å². The third kappa shape index (κ3) is 3.94. The first-order chi connectivity index (χ1) is 15.0. The topological polar surface area (TPSA) is 94.6 Å². The van der Waals surface area contributed by atoms with E-state index >= 15 is 0 Å². The van der Waals surface area contributed by atoms with Gasteiger partial charge in [0.15, 0.2) is 0 Å². The standard InChI is InChI=1S/C23H28N4O3S/c28-22-23(26-21(25-22)18-4-2-1-3-5-18)10-13-27(14-11-23)31(29,30)15-9-17-6-7-20-19(16-17)8-12-24-20/h6-9,12,15-16,18,24H,1-5,10-11,13-14H2,(H,25,26,28)/b15-9+. The van der Waals surface area contributed by atoms with Crippen molar-refractivity contribution in [2.75, 3.05) is 13.1 Å². The Kier molecular flexibility index (Phi) is 5.22. The van der Waals surface area contributed by atoms with E-state index in [9.17, 15) is 13.2 Å². The molecule has 3 heterocycles. The third-order valence-corrected chi connectivity index (χ3v) is 8.47. The first-order valence-electron chi connectivity index (χ1n) is 11.1. The molecule has 1 spiro atoms. The van der Waals surface area contributed by atoms with Crippen LogP contribution in [0, 0.1) is 5.92 Å². The lowest BCUT2D eigenvalue weighted by molar-refractivity contribution is -0.124. The molecule has 1 aliphatic carbocycles. The van der Waals surface area contributed by atoms with Gasteiger partial charge in [-0.25, -0.2) is 8.42 Å². The molecule has 1 amide bonds. The van der Waals surface area contributed by atoms with Crippen LogP contribution >= 0.6 is 0 Å². The number of hydrogen-bond acceptors (Lipinski definition) is 4. The van der Waals surface area contributed by atoms with E-state index in [1.807, 2.05) is 30.5 Å². The SMILES string of the molecule is O=C1NC(C2CCCCC2)=NC12CCN(S(=O)(=O)/C=C/c1ccc3[nH]ccc3c1)CC2. The summed E-state index contributed by atoms with van der Waals surface area (Å²) in [4.78, 5) is 20.7. The lowest BCUT2D eigenvalue weighted by Gasteiger charge is -2.34. The zero-order valence-corrected chi connectivity index (χ0v) is 18.3. The molecule has 5 rings (SSSR count). The molecule has 0 atom stereocenters. The van der Waals surface area contributed by atoms with Crippen molar-refractivity contribution in [1.82, 2.24) is 14.6 Å². The maximum absolute atomic E-state index is 12.9. The van der Waals surface area contributed by atoms with Crippen molar-refractivity contribution in [2.24, 2.45) is 10.9 Å². The molecular formula is C23H28N4O3S. The Balaban J connectivity index is 1.26. The molecule has 1 aromatic carbocycles. The van der Waals surface area contributed by atoms with Gasteiger partial charge < -0.3 is 10.3 Å². The van der Waals surface area contributed by atoms with Crippen molar-refractivity contribution in [3.63, 3.8) is 0 Å². The van der Waals surface area contributed by atoms with Crippen LogP contribution in [0.3, 0.4) is 0 Å². The normalized spacial score (nSPS) is 23.0. The van der Waals surface area contributed by atoms with Crippen LogP contribution in [0.4, 0.5) is 0 Å². The molecule has 0 radical (unpaired) electrons. The number of nitrogens with zero attached hydrogens (tertiary/aromatic N) is 2. The van der Waals surface area contributed by atoms with Gasteiger partial charge in [0.1, 0.15) is 11.4 Å². The molecule has 2 N–H and O–H groups in total. The minimum atomic E-state index is -3.55. The fourth-order valence-corrected chi connectivity index (χ4v) is 6.18. The predicted octanol–water partition coefficient (Wildman–Crippen LogP) is 3.41. The molecule has 0 unspecified atom stereocenters. The molecule has 164 valence electrons. The first-order valence-corrected chi connectivity index (χ1v) is 12.6. The number of amides is 1. The molecule has 8 heteroatoms. The molecule has 31 heavy (non-hydrogen) atoms. The van der Waals surface area contributed by atoms with E-state index in [1.165, 1.54) is 29.0 Å². The largest absolute Gasteiger partial charge is 0.361 e. The molecule has 1 saturated heterocycles. The van der Waals surface area contributed by atoms with Crippen molar-refractivity contribution in [1.29, 1.82) is 0 Å². The van der Waals surface area contributed by atoms with E-state index in [2.05, 4.69) is 10.3 Å². The number of aromatic amines is 1. The molecule has 1 saturated carbocycles. The van der Waals surface area contributed by atoms with Crippen LogP contribution in [-0.4, -0.2) is 48.1 Å². The zero-order chi connectivity index (χ0) is 21.5. The second-order valence-electron chi connectivity index (χ2n) is 8.89. The van der Waals surface area contributed by atoms with Crippen LogP contribution in [0.2, 0.25) is 0 Å². The predicted molar refractivity (Wildman–Crippen MR) is 122 cm³/mol. The average molecular weight is 441 g/mol. The van der Waals surface area contributed by atoms with Crippen LogP contribution in [0.5, 0.6) is 0 Å². The van der Waals surface area contributed by atoms with Gasteiger partial charge in [-0.05, 0) is 60.9 Å². The van der Waals surface area contributed by atoms with Gasteiger partial charge >= 0.3 is 0 Å². The number of nitrogens with one attached hydrogen (secondary N) is 2. The Morgan fingerprint density at radius 3 is 2.65 bits per heavy atom. The van der Waals surface area contributed by atoms with Crippen LogP contribution in [-0.2, 0) is 14.8 Å². The van der Waals surface area contributed by atoms with Crippen molar-refractivity contribution >= 4 is 38.7 Å². The summed E-state index contributed by atoms with van der Waals surface area (Å²) in [6.45, 7) is 0.608. The first kappa shape index (κ1) is 20.5. The highest BCUT2D eigenvalue weighted by Gasteiger charge is 2.48. The highest BCUT2D eigenvalue weighted by Crippen LogP contribution is 2.35. The highest BCUT2D eigenvalue weighted by molar-refractivity contribution is 7.92. The van der Waals surface area contributed by atoms with E-state index in [0.29, 0.717) is 31.8 Å². The Labute approximate surface area is 182 Å². The molecule has 2 aromatic rings. The number of carbonyl (C=O) groups excluding carboxylic acids is 1. The van der Waals surface area contributed by atoms with Gasteiger partial charge in [0.05, 0.1) is 0 Å². The highest BCUT2D eigenvalue weighted by atomic mass is 32.2. The lowest BCUT2D eigenvalue weighted by Crippen LogP contribution is -2.50. The molecule has 3 aliphatic rings. The lowest BCUT2D eigenvalue weighted by atomic mass is 9.88. The summed E-state index contributed by atoms with van der Waals surface area (Å²) in [5.74, 6) is 1.13. The number of rotatable bonds is 4. The number of benzene rings is 1. The van der Waals surface area contributed by atoms with Gasteiger partial charge in [-0.3, -0.25) is 9.79 Å². The van der Waals surface area contributed by atoms with Gasteiger partial charge in [0.2, 0.25) is 10.0 Å². The van der Waals surface area contributed by atoms with Crippen molar-refractivity contribution < 1.29 is 13.2 Å². The van der Waals surface area contributed by atoms with E-state index in [1.54, 1.807) is 6.08 Å². The zero-order valence-electron chi connectivity index (χ0n) is 17.5. The summed E-state index contributed by atoms with van der Waals surface area (Å²) in [6.07, 6.45) is 10.1. The van der Waals surface area contributed by atoms with Crippen molar-refractivity contribution in [3.8, 4) is 0 Å². The molecule has 2 aliphatic heterocycles. The Morgan fingerprint density at radius 2 is 1.87 bits per heavy atom. The fourth-order valence-electron chi connectivity index (χ4n) is 4.99. The average Bonchev–Trinajstić information content (AvgIpc) is 3.38. The van der Waals surface area contributed by atoms with E-state index in [0.717, 1.165) is 35.1 Å². The minimum absolute atomic E-state index is 0.0551. The number of aromatic nitrogens is 1. The quantitative estimate of drug-likeness (QED) is 0.763. The monoisotopic (exact) mass is 440 g/mol. The summed E-state index contributed by atoms with van der Waals surface area (Å²) < 4.78 is 27.2. The summed E-state index contributed by atoms with van der Waals surface area (Å²) in [5, 5.41) is 5.33. The van der Waals surface area contributed by atoms with Gasteiger partial charge in [-0.15, -0.1) is 0 Å². The van der Waals surface area contributed by atoms with E-state index in [4.69, 9.17) is 4.99 Å². The number of hydrogen-bond donors (Lipinski definition) is 2. The third-order valence-electron chi connectivity index (χ3n) is 6.91. The van der Waals surface area contributed by atoms with Gasteiger partial charge in [-0.1, -0.05) is 25.3 Å². The molecule has 2 fully saturated rings. The van der Waals surface area contributed by atoms with E-state index in [-0.39, 0.29) is 5.91 Å². The fraction of sp³-hybridized carbons (Fsp3) is 0.478. The maximum Gasteiger partial charge on any atom is 0.253 e. The number of fused-ring (bicyclic) bond motifs is 1. The Morgan fingerprint density at radius 1 is 1.10 bits per heavy atom. The molecule has 1 aromatic heterocycles. The number of H-pyrrole nitrogens is 1. The smallest absolute Gasteiger partial charge is 0.253 e.